The number of hydrogen-bond acceptors (Lipinski definition) is 3. The van der Waals surface area contributed by atoms with Crippen LogP contribution < -0.4 is 0 Å². The lowest BCUT2D eigenvalue weighted by Gasteiger charge is -1.97. The van der Waals surface area contributed by atoms with E-state index in [2.05, 4.69) is 33.0 Å². The smallest absolute Gasteiger partial charge is 0.335 e. The van der Waals surface area contributed by atoms with Crippen molar-refractivity contribution in [2.45, 2.75) is 6.42 Å². The lowest BCUT2D eigenvalue weighted by Crippen LogP contribution is -1.94. The third-order valence-corrected chi connectivity index (χ3v) is 4.44. The average molecular weight is 348 g/mol. The van der Waals surface area contributed by atoms with Crippen LogP contribution in [0.1, 0.15) is 20.9 Å². The Balaban J connectivity index is 1.95. The highest BCUT2D eigenvalue weighted by molar-refractivity contribution is 9.10. The molecule has 0 unspecified atom stereocenters. The zero-order valence-corrected chi connectivity index (χ0v) is 12.7. The minimum absolute atomic E-state index is 0.301. The fraction of sp³-hybridized carbons (Fsp3) is 0.0667. The maximum absolute atomic E-state index is 11.0. The van der Waals surface area contributed by atoms with Gasteiger partial charge in [-0.2, -0.15) is 0 Å². The number of fused-ring (bicyclic) bond motifs is 1. The first kappa shape index (κ1) is 13.3. The predicted molar refractivity (Wildman–Crippen MR) is 83.5 cm³/mol. The number of rotatable bonds is 3. The molecule has 0 bridgehead atoms. The SMILES string of the molecule is O=C(O)c1ccc2nc(Cc3cccc(Br)c3)sc2c1. The second-order valence-electron chi connectivity index (χ2n) is 4.40. The van der Waals surface area contributed by atoms with Crippen molar-refractivity contribution in [3.8, 4) is 0 Å². The van der Waals surface area contributed by atoms with Gasteiger partial charge in [-0.25, -0.2) is 9.78 Å². The molecular formula is C15H10BrNO2S. The number of benzene rings is 2. The molecule has 0 radical (unpaired) electrons. The number of thiazole rings is 1. The molecule has 0 aliphatic rings. The van der Waals surface area contributed by atoms with E-state index in [0.29, 0.717) is 5.56 Å². The van der Waals surface area contributed by atoms with E-state index in [9.17, 15) is 4.79 Å². The van der Waals surface area contributed by atoms with Crippen molar-refractivity contribution in [1.82, 2.24) is 4.98 Å². The van der Waals surface area contributed by atoms with Gasteiger partial charge in [0.05, 0.1) is 20.8 Å². The number of hydrogen-bond donors (Lipinski definition) is 1. The van der Waals surface area contributed by atoms with Crippen LogP contribution in [0, 0.1) is 0 Å². The highest BCUT2D eigenvalue weighted by Gasteiger charge is 2.08. The first-order chi connectivity index (χ1) is 9.61. The van der Waals surface area contributed by atoms with Crippen LogP contribution in [0.2, 0.25) is 0 Å². The van der Waals surface area contributed by atoms with E-state index in [1.807, 2.05) is 12.1 Å². The van der Waals surface area contributed by atoms with E-state index in [-0.39, 0.29) is 0 Å². The molecule has 20 heavy (non-hydrogen) atoms. The lowest BCUT2D eigenvalue weighted by atomic mass is 10.2. The van der Waals surface area contributed by atoms with Crippen LogP contribution in [-0.2, 0) is 6.42 Å². The summed E-state index contributed by atoms with van der Waals surface area (Å²) in [5.41, 5.74) is 2.33. The van der Waals surface area contributed by atoms with Gasteiger partial charge in [-0.05, 0) is 35.9 Å². The van der Waals surface area contributed by atoms with Crippen LogP contribution in [0.3, 0.4) is 0 Å². The van der Waals surface area contributed by atoms with Crippen LogP contribution >= 0.6 is 27.3 Å². The van der Waals surface area contributed by atoms with Gasteiger partial charge < -0.3 is 5.11 Å². The van der Waals surface area contributed by atoms with Crippen molar-refractivity contribution in [3.63, 3.8) is 0 Å². The van der Waals surface area contributed by atoms with E-state index in [4.69, 9.17) is 5.11 Å². The number of carbonyl (C=O) groups is 1. The first-order valence-corrected chi connectivity index (χ1v) is 7.60. The Hall–Kier alpha value is -1.72. The number of aromatic carboxylic acids is 1. The first-order valence-electron chi connectivity index (χ1n) is 5.99. The topological polar surface area (TPSA) is 50.2 Å². The summed E-state index contributed by atoms with van der Waals surface area (Å²) in [7, 11) is 0. The van der Waals surface area contributed by atoms with Crippen LogP contribution in [0.4, 0.5) is 0 Å². The Morgan fingerprint density at radius 1 is 1.25 bits per heavy atom. The van der Waals surface area contributed by atoms with E-state index in [1.165, 1.54) is 16.9 Å². The molecule has 0 amide bonds. The second-order valence-corrected chi connectivity index (χ2v) is 6.43. The Labute approximate surface area is 128 Å². The molecule has 3 nitrogen and oxygen atoms in total. The van der Waals surface area contributed by atoms with E-state index < -0.39 is 5.97 Å². The fourth-order valence-corrected chi connectivity index (χ4v) is 3.49. The normalized spacial score (nSPS) is 10.8. The highest BCUT2D eigenvalue weighted by Crippen LogP contribution is 2.25. The van der Waals surface area contributed by atoms with E-state index in [1.54, 1.807) is 18.2 Å². The molecule has 3 aromatic rings. The van der Waals surface area contributed by atoms with Crippen LogP contribution in [0.15, 0.2) is 46.9 Å². The molecule has 0 saturated carbocycles. The maximum atomic E-state index is 11.0. The van der Waals surface area contributed by atoms with Gasteiger partial charge in [0.2, 0.25) is 0 Å². The third-order valence-electron chi connectivity index (χ3n) is 2.92. The minimum Gasteiger partial charge on any atom is -0.478 e. The second kappa shape index (κ2) is 5.34. The van der Waals surface area contributed by atoms with Crippen LogP contribution in [0.25, 0.3) is 10.2 Å². The summed E-state index contributed by atoms with van der Waals surface area (Å²) < 4.78 is 1.96. The summed E-state index contributed by atoms with van der Waals surface area (Å²) >= 11 is 4.99. The molecular weight excluding hydrogens is 338 g/mol. The van der Waals surface area contributed by atoms with Gasteiger partial charge in [0.15, 0.2) is 0 Å². The standard InChI is InChI=1S/C15H10BrNO2S/c16-11-3-1-2-9(6-11)7-14-17-12-5-4-10(15(18)19)8-13(12)20-14/h1-6,8H,7H2,(H,18,19). The number of nitrogens with zero attached hydrogens (tertiary/aromatic N) is 1. The van der Waals surface area contributed by atoms with Crippen molar-refractivity contribution in [3.05, 3.63) is 63.1 Å². The zero-order chi connectivity index (χ0) is 14.1. The molecule has 0 saturated heterocycles. The highest BCUT2D eigenvalue weighted by atomic mass is 79.9. The summed E-state index contributed by atoms with van der Waals surface area (Å²) in [5.74, 6) is -0.908. The molecule has 5 heteroatoms. The summed E-state index contributed by atoms with van der Waals surface area (Å²) in [5, 5.41) is 9.98. The van der Waals surface area contributed by atoms with Gasteiger partial charge in [-0.15, -0.1) is 11.3 Å². The summed E-state index contributed by atoms with van der Waals surface area (Å²) in [4.78, 5) is 15.5. The average Bonchev–Trinajstić information content (AvgIpc) is 2.79. The van der Waals surface area contributed by atoms with Gasteiger partial charge >= 0.3 is 5.97 Å². The number of halogens is 1. The molecule has 1 N–H and O–H groups in total. The summed E-state index contributed by atoms with van der Waals surface area (Å²) in [6.45, 7) is 0. The Bertz CT molecular complexity index is 797. The molecule has 100 valence electrons. The molecule has 0 fully saturated rings. The quantitative estimate of drug-likeness (QED) is 0.766. The van der Waals surface area contributed by atoms with Crippen molar-refractivity contribution < 1.29 is 9.90 Å². The van der Waals surface area contributed by atoms with Crippen molar-refractivity contribution in [1.29, 1.82) is 0 Å². The molecule has 0 aliphatic carbocycles. The predicted octanol–water partition coefficient (Wildman–Crippen LogP) is 4.35. The van der Waals surface area contributed by atoms with Gasteiger partial charge in [-0.3, -0.25) is 0 Å². The molecule has 1 heterocycles. The monoisotopic (exact) mass is 347 g/mol. The molecule has 3 rings (SSSR count). The third kappa shape index (κ3) is 2.73. The Morgan fingerprint density at radius 2 is 2.10 bits per heavy atom. The molecule has 2 aromatic carbocycles. The van der Waals surface area contributed by atoms with Crippen molar-refractivity contribution in [2.24, 2.45) is 0 Å². The fourth-order valence-electron chi connectivity index (χ4n) is 2.00. The van der Waals surface area contributed by atoms with E-state index in [0.717, 1.165) is 26.1 Å². The number of carboxylic acids is 1. The largest absolute Gasteiger partial charge is 0.478 e. The Morgan fingerprint density at radius 3 is 2.85 bits per heavy atom. The lowest BCUT2D eigenvalue weighted by molar-refractivity contribution is 0.0697. The van der Waals surface area contributed by atoms with Gasteiger partial charge in [-0.1, -0.05) is 28.1 Å². The van der Waals surface area contributed by atoms with Crippen molar-refractivity contribution in [2.75, 3.05) is 0 Å². The van der Waals surface area contributed by atoms with Crippen LogP contribution in [0.5, 0.6) is 0 Å². The summed E-state index contributed by atoms with van der Waals surface area (Å²) in [6.07, 6.45) is 0.751. The molecule has 1 aromatic heterocycles. The molecule has 0 aliphatic heterocycles. The number of aromatic nitrogens is 1. The van der Waals surface area contributed by atoms with Crippen molar-refractivity contribution >= 4 is 43.5 Å². The number of carboxylic acid groups (broad SMARTS) is 1. The summed E-state index contributed by atoms with van der Waals surface area (Å²) in [6, 6.07) is 13.1. The molecule has 0 spiro atoms. The van der Waals surface area contributed by atoms with Gasteiger partial charge in [0, 0.05) is 10.9 Å². The van der Waals surface area contributed by atoms with E-state index >= 15 is 0 Å². The Kier molecular flexibility index (Phi) is 3.54. The minimum atomic E-state index is -0.908. The van der Waals surface area contributed by atoms with Crippen LogP contribution in [-0.4, -0.2) is 16.1 Å². The molecule has 0 atom stereocenters. The van der Waals surface area contributed by atoms with Gasteiger partial charge in [0.25, 0.3) is 0 Å². The van der Waals surface area contributed by atoms with Gasteiger partial charge in [0.1, 0.15) is 0 Å². The zero-order valence-electron chi connectivity index (χ0n) is 10.3. The maximum Gasteiger partial charge on any atom is 0.335 e.